The van der Waals surface area contributed by atoms with Gasteiger partial charge in [-0.15, -0.1) is 0 Å². The maximum Gasteiger partial charge on any atom is 0.319 e. The Morgan fingerprint density at radius 2 is 1.70 bits per heavy atom. The highest BCUT2D eigenvalue weighted by atomic mass is 16.2. The van der Waals surface area contributed by atoms with E-state index in [0.717, 1.165) is 6.54 Å². The van der Waals surface area contributed by atoms with Crippen LogP contribution in [-0.2, 0) is 4.79 Å². The average Bonchev–Trinajstić information content (AvgIpc) is 2.50. The predicted molar refractivity (Wildman–Crippen MR) is 92.1 cm³/mol. The van der Waals surface area contributed by atoms with E-state index in [2.05, 4.69) is 20.8 Å². The van der Waals surface area contributed by atoms with E-state index in [0.29, 0.717) is 43.4 Å². The Morgan fingerprint density at radius 1 is 1.13 bits per heavy atom. The summed E-state index contributed by atoms with van der Waals surface area (Å²) in [4.78, 5) is 29.7. The molecule has 1 saturated heterocycles. The first-order chi connectivity index (χ1) is 10.7. The van der Waals surface area contributed by atoms with Crippen LogP contribution in [0, 0.1) is 17.3 Å². The van der Waals surface area contributed by atoms with Crippen molar-refractivity contribution in [2.45, 2.75) is 47.0 Å². The highest BCUT2D eigenvalue weighted by molar-refractivity contribution is 5.76. The molecule has 0 unspecified atom stereocenters. The third kappa shape index (κ3) is 4.18. The van der Waals surface area contributed by atoms with Crippen molar-refractivity contribution in [1.82, 2.24) is 14.7 Å². The second-order valence-electron chi connectivity index (χ2n) is 8.12. The minimum absolute atomic E-state index is 0.100. The van der Waals surface area contributed by atoms with Gasteiger partial charge in [0.1, 0.15) is 0 Å². The summed E-state index contributed by atoms with van der Waals surface area (Å²) in [5.41, 5.74) is 0.305. The van der Waals surface area contributed by atoms with E-state index < -0.39 is 0 Å². The van der Waals surface area contributed by atoms with E-state index in [1.54, 1.807) is 6.92 Å². The predicted octanol–water partition coefficient (Wildman–Crippen LogP) is 2.66. The minimum Gasteiger partial charge on any atom is -0.339 e. The molecule has 1 saturated carbocycles. The molecular weight excluding hydrogens is 290 g/mol. The Kier molecular flexibility index (Phi) is 5.58. The Hall–Kier alpha value is -1.26. The summed E-state index contributed by atoms with van der Waals surface area (Å²) in [5.74, 6) is 1.33. The molecule has 23 heavy (non-hydrogen) atoms. The van der Waals surface area contributed by atoms with Crippen molar-refractivity contribution < 1.29 is 9.59 Å². The summed E-state index contributed by atoms with van der Waals surface area (Å²) in [6.45, 7) is 12.0. The monoisotopic (exact) mass is 323 g/mol. The summed E-state index contributed by atoms with van der Waals surface area (Å²) < 4.78 is 0. The van der Waals surface area contributed by atoms with Gasteiger partial charge in [0.25, 0.3) is 0 Å². The molecule has 3 amide bonds. The lowest BCUT2D eigenvalue weighted by molar-refractivity contribution is -0.130. The number of hydrogen-bond acceptors (Lipinski definition) is 2. The van der Waals surface area contributed by atoms with Crippen LogP contribution in [0.2, 0.25) is 0 Å². The molecule has 0 radical (unpaired) electrons. The van der Waals surface area contributed by atoms with Crippen molar-refractivity contribution in [1.29, 1.82) is 0 Å². The van der Waals surface area contributed by atoms with Crippen LogP contribution in [0.5, 0.6) is 0 Å². The van der Waals surface area contributed by atoms with Gasteiger partial charge in [0.05, 0.1) is 0 Å². The summed E-state index contributed by atoms with van der Waals surface area (Å²) >= 11 is 0. The van der Waals surface area contributed by atoms with Gasteiger partial charge >= 0.3 is 6.03 Å². The molecule has 2 fully saturated rings. The van der Waals surface area contributed by atoms with Crippen molar-refractivity contribution in [2.24, 2.45) is 17.3 Å². The fourth-order valence-corrected chi connectivity index (χ4v) is 4.29. The number of piperazine rings is 1. The number of urea groups is 1. The molecule has 0 aromatic heterocycles. The van der Waals surface area contributed by atoms with Crippen LogP contribution in [0.4, 0.5) is 4.79 Å². The van der Waals surface area contributed by atoms with Crippen LogP contribution in [0.1, 0.15) is 47.0 Å². The second-order valence-corrected chi connectivity index (χ2v) is 8.12. The van der Waals surface area contributed by atoms with Crippen LogP contribution >= 0.6 is 0 Å². The van der Waals surface area contributed by atoms with Gasteiger partial charge in [-0.3, -0.25) is 4.79 Å². The molecule has 0 bridgehead atoms. The molecule has 1 heterocycles. The van der Waals surface area contributed by atoms with Crippen molar-refractivity contribution >= 4 is 11.9 Å². The number of hydrogen-bond donors (Lipinski definition) is 0. The summed E-state index contributed by atoms with van der Waals surface area (Å²) in [6.07, 6.45) is 3.82. The van der Waals surface area contributed by atoms with E-state index >= 15 is 0 Å². The Balaban J connectivity index is 1.91. The zero-order chi connectivity index (χ0) is 17.2. The fraction of sp³-hybridized carbons (Fsp3) is 0.889. The molecule has 5 nitrogen and oxygen atoms in total. The number of amides is 3. The molecule has 0 N–H and O–H groups in total. The Labute approximate surface area is 141 Å². The lowest BCUT2D eigenvalue weighted by Crippen LogP contribution is -2.54. The first-order valence-electron chi connectivity index (χ1n) is 8.98. The number of carbonyl (C=O) groups excluding carboxylic acids is 2. The second kappa shape index (κ2) is 7.10. The van der Waals surface area contributed by atoms with E-state index in [1.165, 1.54) is 19.3 Å². The molecule has 0 aromatic carbocycles. The quantitative estimate of drug-likeness (QED) is 0.784. The molecule has 132 valence electrons. The normalized spacial score (nSPS) is 27.7. The average molecular weight is 323 g/mol. The summed E-state index contributed by atoms with van der Waals surface area (Å²) in [6, 6.07) is 0.113. The zero-order valence-electron chi connectivity index (χ0n) is 15.5. The van der Waals surface area contributed by atoms with Crippen LogP contribution in [0.15, 0.2) is 0 Å². The molecule has 1 aliphatic heterocycles. The molecule has 2 rings (SSSR count). The molecular formula is C18H33N3O2. The fourth-order valence-electron chi connectivity index (χ4n) is 4.29. The van der Waals surface area contributed by atoms with Crippen molar-refractivity contribution in [2.75, 3.05) is 39.8 Å². The molecule has 0 spiro atoms. The maximum absolute atomic E-state index is 12.7. The maximum atomic E-state index is 12.7. The third-order valence-electron chi connectivity index (χ3n) is 5.96. The topological polar surface area (TPSA) is 43.9 Å². The lowest BCUT2D eigenvalue weighted by Gasteiger charge is -2.45. The van der Waals surface area contributed by atoms with Crippen LogP contribution in [-0.4, -0.2) is 66.4 Å². The van der Waals surface area contributed by atoms with Gasteiger partial charge in [-0.05, 0) is 23.7 Å². The van der Waals surface area contributed by atoms with E-state index in [-0.39, 0.29) is 11.9 Å². The van der Waals surface area contributed by atoms with Gasteiger partial charge in [-0.2, -0.15) is 0 Å². The van der Waals surface area contributed by atoms with Gasteiger partial charge in [-0.25, -0.2) is 4.79 Å². The van der Waals surface area contributed by atoms with Crippen molar-refractivity contribution in [3.63, 3.8) is 0 Å². The minimum atomic E-state index is 0.100. The highest BCUT2D eigenvalue weighted by Crippen LogP contribution is 2.44. The largest absolute Gasteiger partial charge is 0.339 e. The molecule has 2 aliphatic rings. The van der Waals surface area contributed by atoms with E-state index in [4.69, 9.17) is 0 Å². The van der Waals surface area contributed by atoms with Gasteiger partial charge in [-0.1, -0.05) is 33.6 Å². The van der Waals surface area contributed by atoms with Gasteiger partial charge in [0, 0.05) is 46.7 Å². The van der Waals surface area contributed by atoms with Crippen molar-refractivity contribution in [3.05, 3.63) is 0 Å². The standard InChI is InChI=1S/C18H33N3O2/c1-14-7-6-8-18(3,4)16(14)13-19(5)17(23)21-11-9-20(10-12-21)15(2)22/h14,16H,6-13H2,1-5H3/t14-,16+/m0/s1. The molecule has 5 heteroatoms. The number of carbonyl (C=O) groups is 2. The van der Waals surface area contributed by atoms with E-state index in [9.17, 15) is 9.59 Å². The van der Waals surface area contributed by atoms with Crippen LogP contribution in [0.3, 0.4) is 0 Å². The van der Waals surface area contributed by atoms with Crippen LogP contribution in [0.25, 0.3) is 0 Å². The van der Waals surface area contributed by atoms with Gasteiger partial charge in [0.2, 0.25) is 5.91 Å². The van der Waals surface area contributed by atoms with Gasteiger partial charge in [0.15, 0.2) is 0 Å². The van der Waals surface area contributed by atoms with Gasteiger partial charge < -0.3 is 14.7 Å². The first kappa shape index (κ1) is 18.1. The lowest BCUT2D eigenvalue weighted by atomic mass is 9.64. The molecule has 0 aromatic rings. The molecule has 2 atom stereocenters. The summed E-state index contributed by atoms with van der Waals surface area (Å²) in [7, 11) is 1.93. The van der Waals surface area contributed by atoms with Crippen LogP contribution < -0.4 is 0 Å². The first-order valence-corrected chi connectivity index (χ1v) is 8.98. The Morgan fingerprint density at radius 3 is 2.22 bits per heavy atom. The Bertz CT molecular complexity index is 442. The van der Waals surface area contributed by atoms with Crippen molar-refractivity contribution in [3.8, 4) is 0 Å². The molecule has 1 aliphatic carbocycles. The number of rotatable bonds is 2. The smallest absolute Gasteiger partial charge is 0.319 e. The third-order valence-corrected chi connectivity index (χ3v) is 5.96. The summed E-state index contributed by atoms with van der Waals surface area (Å²) in [5, 5.41) is 0. The zero-order valence-corrected chi connectivity index (χ0v) is 15.5. The SMILES string of the molecule is CC(=O)N1CCN(C(=O)N(C)C[C@@H]2[C@@H](C)CCCC2(C)C)CC1. The number of nitrogens with zero attached hydrogens (tertiary/aromatic N) is 3. The van der Waals surface area contributed by atoms with E-state index in [1.807, 2.05) is 21.7 Å². The highest BCUT2D eigenvalue weighted by Gasteiger charge is 2.38.